The van der Waals surface area contributed by atoms with Crippen LogP contribution in [0.15, 0.2) is 0 Å². The summed E-state index contributed by atoms with van der Waals surface area (Å²) in [4.78, 5) is 13.9. The summed E-state index contributed by atoms with van der Waals surface area (Å²) in [6.07, 6.45) is 12.0. The lowest BCUT2D eigenvalue weighted by molar-refractivity contribution is -0.130. The van der Waals surface area contributed by atoms with E-state index in [2.05, 4.69) is 0 Å². The Morgan fingerprint density at radius 2 is 1.89 bits per heavy atom. The number of nitrogens with two attached hydrogens (primary N) is 1. The van der Waals surface area contributed by atoms with Gasteiger partial charge in [0.1, 0.15) is 0 Å². The molecule has 3 nitrogen and oxygen atoms in total. The Hall–Kier alpha value is -0.570. The van der Waals surface area contributed by atoms with Crippen molar-refractivity contribution in [1.29, 1.82) is 0 Å². The zero-order valence-corrected chi connectivity index (χ0v) is 12.0. The number of carbonyl (C=O) groups excluding carboxylic acids is 1. The van der Waals surface area contributed by atoms with Gasteiger partial charge in [-0.1, -0.05) is 38.5 Å². The molecule has 1 aliphatic rings. The Morgan fingerprint density at radius 3 is 2.56 bits per heavy atom. The summed E-state index contributed by atoms with van der Waals surface area (Å²) >= 11 is 0. The first-order chi connectivity index (χ1) is 8.74. The molecule has 0 aromatic carbocycles. The molecule has 106 valence electrons. The third-order valence-electron chi connectivity index (χ3n) is 4.11. The molecule has 1 rings (SSSR count). The van der Waals surface area contributed by atoms with Gasteiger partial charge in [-0.05, 0) is 31.7 Å². The molecule has 0 aromatic heterocycles. The number of hydrogen-bond donors (Lipinski definition) is 1. The van der Waals surface area contributed by atoms with Crippen LogP contribution in [-0.4, -0.2) is 30.9 Å². The lowest BCUT2D eigenvalue weighted by atomic mass is 9.86. The van der Waals surface area contributed by atoms with Crippen LogP contribution >= 0.6 is 0 Å². The first-order valence-electron chi connectivity index (χ1n) is 7.68. The fraction of sp³-hybridized carbons (Fsp3) is 0.933. The molecule has 2 N–H and O–H groups in total. The Labute approximate surface area is 112 Å². The van der Waals surface area contributed by atoms with Crippen molar-refractivity contribution in [2.24, 2.45) is 11.7 Å². The lowest BCUT2D eigenvalue weighted by Crippen LogP contribution is -2.28. The predicted octanol–water partition coefficient (Wildman–Crippen LogP) is 2.93. The molecule has 0 bridgehead atoms. The first kappa shape index (κ1) is 15.5. The van der Waals surface area contributed by atoms with E-state index >= 15 is 0 Å². The molecule has 1 amide bonds. The van der Waals surface area contributed by atoms with Crippen LogP contribution < -0.4 is 5.73 Å². The Balaban J connectivity index is 2.07. The molecule has 0 heterocycles. The molecule has 1 fully saturated rings. The van der Waals surface area contributed by atoms with E-state index in [0.717, 1.165) is 51.1 Å². The molecule has 18 heavy (non-hydrogen) atoms. The second kappa shape index (κ2) is 9.37. The van der Waals surface area contributed by atoms with Crippen molar-refractivity contribution in [2.45, 2.75) is 64.2 Å². The molecule has 0 unspecified atom stereocenters. The van der Waals surface area contributed by atoms with Crippen LogP contribution in [0.2, 0.25) is 0 Å². The Morgan fingerprint density at radius 1 is 1.17 bits per heavy atom. The molecule has 1 aliphatic carbocycles. The minimum absolute atomic E-state index is 0.327. The zero-order valence-electron chi connectivity index (χ0n) is 12.0. The number of rotatable bonds is 8. The summed E-state index contributed by atoms with van der Waals surface area (Å²) in [7, 11) is 1.94. The third kappa shape index (κ3) is 6.39. The van der Waals surface area contributed by atoms with Crippen LogP contribution in [0.4, 0.5) is 0 Å². The molecule has 0 aliphatic heterocycles. The quantitative estimate of drug-likeness (QED) is 0.677. The molecule has 0 saturated heterocycles. The van der Waals surface area contributed by atoms with Crippen molar-refractivity contribution in [3.05, 3.63) is 0 Å². The van der Waals surface area contributed by atoms with Crippen LogP contribution in [0.5, 0.6) is 0 Å². The van der Waals surface area contributed by atoms with E-state index in [0.29, 0.717) is 5.91 Å². The van der Waals surface area contributed by atoms with Gasteiger partial charge in [0.25, 0.3) is 0 Å². The largest absolute Gasteiger partial charge is 0.346 e. The van der Waals surface area contributed by atoms with Gasteiger partial charge in [0, 0.05) is 20.0 Å². The van der Waals surface area contributed by atoms with Gasteiger partial charge in [-0.2, -0.15) is 0 Å². The highest BCUT2D eigenvalue weighted by Gasteiger charge is 2.16. The molecule has 0 atom stereocenters. The summed E-state index contributed by atoms with van der Waals surface area (Å²) in [5.41, 5.74) is 5.45. The highest BCUT2D eigenvalue weighted by molar-refractivity contribution is 5.75. The van der Waals surface area contributed by atoms with Crippen LogP contribution in [0.3, 0.4) is 0 Å². The van der Waals surface area contributed by atoms with Crippen molar-refractivity contribution < 1.29 is 4.79 Å². The summed E-state index contributed by atoms with van der Waals surface area (Å²) in [6, 6.07) is 0. The number of nitrogens with zero attached hydrogens (tertiary/aromatic N) is 1. The van der Waals surface area contributed by atoms with Gasteiger partial charge < -0.3 is 10.6 Å². The van der Waals surface area contributed by atoms with Crippen molar-refractivity contribution in [3.63, 3.8) is 0 Å². The molecule has 0 spiro atoms. The zero-order chi connectivity index (χ0) is 13.2. The van der Waals surface area contributed by atoms with Gasteiger partial charge in [-0.25, -0.2) is 0 Å². The van der Waals surface area contributed by atoms with Gasteiger partial charge in [0.05, 0.1) is 0 Å². The molecule has 0 radical (unpaired) electrons. The second-order valence-electron chi connectivity index (χ2n) is 5.71. The van der Waals surface area contributed by atoms with Crippen LogP contribution in [0, 0.1) is 5.92 Å². The maximum absolute atomic E-state index is 12.0. The van der Waals surface area contributed by atoms with Crippen molar-refractivity contribution in [3.8, 4) is 0 Å². The van der Waals surface area contributed by atoms with Gasteiger partial charge in [0.2, 0.25) is 5.91 Å². The standard InChI is InChI=1S/C15H30N2O/c1-17(13-7-3-6-12-16)15(18)11-10-14-8-4-2-5-9-14/h14H,2-13,16H2,1H3. The van der Waals surface area contributed by atoms with Crippen molar-refractivity contribution in [1.82, 2.24) is 4.90 Å². The van der Waals surface area contributed by atoms with Gasteiger partial charge in [0.15, 0.2) is 0 Å². The van der Waals surface area contributed by atoms with Gasteiger partial charge >= 0.3 is 0 Å². The highest BCUT2D eigenvalue weighted by Crippen LogP contribution is 2.27. The van der Waals surface area contributed by atoms with E-state index in [9.17, 15) is 4.79 Å². The van der Waals surface area contributed by atoms with E-state index in [1.54, 1.807) is 0 Å². The SMILES string of the molecule is CN(CCCCCN)C(=O)CCC1CCCCC1. The topological polar surface area (TPSA) is 46.3 Å². The predicted molar refractivity (Wildman–Crippen MR) is 76.4 cm³/mol. The maximum atomic E-state index is 12.0. The first-order valence-corrected chi connectivity index (χ1v) is 7.68. The summed E-state index contributed by atoms with van der Waals surface area (Å²) < 4.78 is 0. The Kier molecular flexibility index (Phi) is 8.06. The molecule has 0 aromatic rings. The Bertz CT molecular complexity index is 225. The number of unbranched alkanes of at least 4 members (excludes halogenated alkanes) is 2. The van der Waals surface area contributed by atoms with Gasteiger partial charge in [-0.15, -0.1) is 0 Å². The van der Waals surface area contributed by atoms with Crippen LogP contribution in [0.1, 0.15) is 64.2 Å². The van der Waals surface area contributed by atoms with Crippen LogP contribution in [-0.2, 0) is 4.79 Å². The number of carbonyl (C=O) groups is 1. The third-order valence-corrected chi connectivity index (χ3v) is 4.11. The van der Waals surface area contributed by atoms with E-state index < -0.39 is 0 Å². The average Bonchev–Trinajstić information content (AvgIpc) is 2.42. The molecular weight excluding hydrogens is 224 g/mol. The highest BCUT2D eigenvalue weighted by atomic mass is 16.2. The van der Waals surface area contributed by atoms with E-state index in [1.807, 2.05) is 11.9 Å². The van der Waals surface area contributed by atoms with Crippen molar-refractivity contribution in [2.75, 3.05) is 20.1 Å². The van der Waals surface area contributed by atoms with E-state index in [4.69, 9.17) is 5.73 Å². The molecule has 3 heteroatoms. The minimum Gasteiger partial charge on any atom is -0.346 e. The number of amides is 1. The normalized spacial score (nSPS) is 16.8. The summed E-state index contributed by atoms with van der Waals surface area (Å²) in [5, 5.41) is 0. The smallest absolute Gasteiger partial charge is 0.222 e. The summed E-state index contributed by atoms with van der Waals surface area (Å²) in [6.45, 7) is 1.66. The van der Waals surface area contributed by atoms with Gasteiger partial charge in [-0.3, -0.25) is 4.79 Å². The maximum Gasteiger partial charge on any atom is 0.222 e. The fourth-order valence-electron chi connectivity index (χ4n) is 2.79. The van der Waals surface area contributed by atoms with E-state index in [-0.39, 0.29) is 0 Å². The van der Waals surface area contributed by atoms with Crippen molar-refractivity contribution >= 4 is 5.91 Å². The monoisotopic (exact) mass is 254 g/mol. The lowest BCUT2D eigenvalue weighted by Gasteiger charge is -2.23. The number of hydrogen-bond acceptors (Lipinski definition) is 2. The fourth-order valence-corrected chi connectivity index (χ4v) is 2.79. The molecule has 1 saturated carbocycles. The minimum atomic E-state index is 0.327. The average molecular weight is 254 g/mol. The van der Waals surface area contributed by atoms with E-state index in [1.165, 1.54) is 32.1 Å². The van der Waals surface area contributed by atoms with Crippen LogP contribution in [0.25, 0.3) is 0 Å². The summed E-state index contributed by atoms with van der Waals surface area (Å²) in [5.74, 6) is 1.14. The molecular formula is C15H30N2O. The second-order valence-corrected chi connectivity index (χ2v) is 5.71.